The van der Waals surface area contributed by atoms with E-state index in [1.54, 1.807) is 6.92 Å². The zero-order valence-electron chi connectivity index (χ0n) is 17.6. The van der Waals surface area contributed by atoms with E-state index in [1.807, 2.05) is 28.8 Å². The highest BCUT2D eigenvalue weighted by atomic mass is 16.4. The van der Waals surface area contributed by atoms with Crippen molar-refractivity contribution in [3.05, 3.63) is 71.4 Å². The fraction of sp³-hybridized carbons (Fsp3) is 0.333. The van der Waals surface area contributed by atoms with Crippen molar-refractivity contribution in [2.75, 3.05) is 13.6 Å². The zero-order valence-corrected chi connectivity index (χ0v) is 17.6. The van der Waals surface area contributed by atoms with Crippen molar-refractivity contribution < 1.29 is 9.90 Å². The lowest BCUT2D eigenvalue weighted by atomic mass is 10.0. The summed E-state index contributed by atoms with van der Waals surface area (Å²) in [5.74, 6) is -1.19. The number of para-hydroxylation sites is 1. The Morgan fingerprint density at radius 3 is 2.48 bits per heavy atom. The number of aryl methyl sites for hydroxylation is 2. The monoisotopic (exact) mass is 391 g/mol. The molecule has 0 spiro atoms. The van der Waals surface area contributed by atoms with Gasteiger partial charge in [-0.15, -0.1) is 0 Å². The van der Waals surface area contributed by atoms with Gasteiger partial charge in [-0.3, -0.25) is 4.79 Å². The molecule has 0 aliphatic heterocycles. The number of carboxylic acid groups (broad SMARTS) is 1. The maximum atomic E-state index is 11.2. The van der Waals surface area contributed by atoms with Gasteiger partial charge >= 0.3 is 5.97 Å². The van der Waals surface area contributed by atoms with E-state index < -0.39 is 11.9 Å². The standard InChI is InChI=1S/C24H29N3O2/c1-5-19-10-12-20(13-11-19)23-21(15-26(4)14-18(3)24(28)29)16-27(25-23)22-9-7-6-8-17(22)2/h6-13,16,18H,5,14-15H2,1-4H3,(H,28,29). The molecule has 0 amide bonds. The van der Waals surface area contributed by atoms with Gasteiger partial charge in [0.2, 0.25) is 0 Å². The molecule has 3 rings (SSSR count). The minimum atomic E-state index is -0.775. The van der Waals surface area contributed by atoms with Gasteiger partial charge in [-0.25, -0.2) is 4.68 Å². The molecule has 1 unspecified atom stereocenters. The van der Waals surface area contributed by atoms with Gasteiger partial charge < -0.3 is 10.0 Å². The van der Waals surface area contributed by atoms with Crippen LogP contribution < -0.4 is 0 Å². The molecule has 0 aliphatic rings. The number of carboxylic acids is 1. The third kappa shape index (κ3) is 4.93. The topological polar surface area (TPSA) is 58.4 Å². The minimum absolute atomic E-state index is 0.418. The normalized spacial score (nSPS) is 12.3. The molecule has 1 atom stereocenters. The molecule has 2 aromatic carbocycles. The lowest BCUT2D eigenvalue weighted by Crippen LogP contribution is -2.28. The van der Waals surface area contributed by atoms with Crippen LogP contribution in [0.4, 0.5) is 0 Å². The van der Waals surface area contributed by atoms with E-state index in [0.717, 1.165) is 34.5 Å². The van der Waals surface area contributed by atoms with E-state index in [9.17, 15) is 9.90 Å². The van der Waals surface area contributed by atoms with Gasteiger partial charge in [0.25, 0.3) is 0 Å². The third-order valence-corrected chi connectivity index (χ3v) is 5.24. The molecule has 5 heteroatoms. The van der Waals surface area contributed by atoms with Crippen LogP contribution in [-0.4, -0.2) is 39.3 Å². The van der Waals surface area contributed by atoms with Crippen LogP contribution in [-0.2, 0) is 17.8 Å². The average Bonchev–Trinajstić information content (AvgIpc) is 3.11. The highest BCUT2D eigenvalue weighted by molar-refractivity contribution is 5.69. The van der Waals surface area contributed by atoms with E-state index in [0.29, 0.717) is 13.1 Å². The number of hydrogen-bond acceptors (Lipinski definition) is 3. The Morgan fingerprint density at radius 2 is 1.86 bits per heavy atom. The highest BCUT2D eigenvalue weighted by Crippen LogP contribution is 2.26. The number of carbonyl (C=O) groups is 1. The van der Waals surface area contributed by atoms with Crippen molar-refractivity contribution in [2.45, 2.75) is 33.7 Å². The number of rotatable bonds is 8. The summed E-state index contributed by atoms with van der Waals surface area (Å²) in [7, 11) is 1.95. The molecule has 5 nitrogen and oxygen atoms in total. The number of nitrogens with zero attached hydrogens (tertiary/aromatic N) is 3. The van der Waals surface area contributed by atoms with Crippen LogP contribution in [0.2, 0.25) is 0 Å². The van der Waals surface area contributed by atoms with Gasteiger partial charge in [-0.2, -0.15) is 5.10 Å². The molecule has 0 aliphatic carbocycles. The third-order valence-electron chi connectivity index (χ3n) is 5.24. The predicted molar refractivity (Wildman–Crippen MR) is 116 cm³/mol. The number of hydrogen-bond donors (Lipinski definition) is 1. The first-order valence-electron chi connectivity index (χ1n) is 10.0. The number of benzene rings is 2. The molecule has 0 saturated heterocycles. The van der Waals surface area contributed by atoms with Gasteiger partial charge in [0.1, 0.15) is 0 Å². The molecular weight excluding hydrogens is 362 g/mol. The van der Waals surface area contributed by atoms with Gasteiger partial charge in [0, 0.05) is 30.4 Å². The van der Waals surface area contributed by atoms with Crippen LogP contribution in [0.25, 0.3) is 16.9 Å². The van der Waals surface area contributed by atoms with Crippen molar-refractivity contribution in [3.8, 4) is 16.9 Å². The van der Waals surface area contributed by atoms with E-state index in [1.165, 1.54) is 5.56 Å². The summed E-state index contributed by atoms with van der Waals surface area (Å²) < 4.78 is 1.93. The van der Waals surface area contributed by atoms with Crippen LogP contribution in [0, 0.1) is 12.8 Å². The Hall–Kier alpha value is -2.92. The van der Waals surface area contributed by atoms with Crippen molar-refractivity contribution >= 4 is 5.97 Å². The van der Waals surface area contributed by atoms with Gasteiger partial charge in [-0.1, -0.05) is 56.3 Å². The summed E-state index contributed by atoms with van der Waals surface area (Å²) in [6, 6.07) is 16.7. The molecule has 3 aromatic rings. The Kier molecular flexibility index (Phi) is 6.49. The SMILES string of the molecule is CCc1ccc(-c2nn(-c3ccccc3C)cc2CN(C)CC(C)C(=O)O)cc1. The Bertz CT molecular complexity index is 976. The zero-order chi connectivity index (χ0) is 21.0. The first kappa shape index (κ1) is 20.8. The fourth-order valence-electron chi connectivity index (χ4n) is 3.51. The molecule has 0 radical (unpaired) electrons. The van der Waals surface area contributed by atoms with Crippen LogP contribution >= 0.6 is 0 Å². The van der Waals surface area contributed by atoms with Gasteiger partial charge in [0.15, 0.2) is 0 Å². The fourth-order valence-corrected chi connectivity index (χ4v) is 3.51. The largest absolute Gasteiger partial charge is 0.481 e. The van der Waals surface area contributed by atoms with E-state index >= 15 is 0 Å². The smallest absolute Gasteiger partial charge is 0.307 e. The predicted octanol–water partition coefficient (Wildman–Crippen LogP) is 4.56. The quantitative estimate of drug-likeness (QED) is 0.611. The van der Waals surface area contributed by atoms with Crippen molar-refractivity contribution in [1.29, 1.82) is 0 Å². The summed E-state index contributed by atoms with van der Waals surface area (Å²) in [4.78, 5) is 13.3. The van der Waals surface area contributed by atoms with Crippen molar-refractivity contribution in [1.82, 2.24) is 14.7 Å². The minimum Gasteiger partial charge on any atom is -0.481 e. The van der Waals surface area contributed by atoms with Crippen molar-refractivity contribution in [3.63, 3.8) is 0 Å². The maximum Gasteiger partial charge on any atom is 0.307 e. The molecule has 1 heterocycles. The van der Waals surface area contributed by atoms with Crippen LogP contribution in [0.3, 0.4) is 0 Å². The lowest BCUT2D eigenvalue weighted by molar-refractivity contribution is -0.141. The molecule has 1 aromatic heterocycles. The van der Waals surface area contributed by atoms with Crippen LogP contribution in [0.15, 0.2) is 54.7 Å². The van der Waals surface area contributed by atoms with Gasteiger partial charge in [0.05, 0.1) is 17.3 Å². The molecule has 0 saturated carbocycles. The molecule has 29 heavy (non-hydrogen) atoms. The summed E-state index contributed by atoms with van der Waals surface area (Å²) in [6.07, 6.45) is 3.06. The molecular formula is C24H29N3O2. The summed E-state index contributed by atoms with van der Waals surface area (Å²) >= 11 is 0. The first-order valence-corrected chi connectivity index (χ1v) is 10.0. The molecule has 1 N–H and O–H groups in total. The Labute approximate surface area is 172 Å². The summed E-state index contributed by atoms with van der Waals surface area (Å²) in [5.41, 5.74) is 6.59. The molecule has 0 bridgehead atoms. The molecule has 152 valence electrons. The van der Waals surface area contributed by atoms with Crippen molar-refractivity contribution in [2.24, 2.45) is 5.92 Å². The van der Waals surface area contributed by atoms with E-state index in [4.69, 9.17) is 5.10 Å². The first-order chi connectivity index (χ1) is 13.9. The molecule has 0 fully saturated rings. The second-order valence-corrected chi connectivity index (χ2v) is 7.72. The van der Waals surface area contributed by atoms with E-state index in [-0.39, 0.29) is 0 Å². The number of aromatic nitrogens is 2. The Morgan fingerprint density at radius 1 is 1.17 bits per heavy atom. The second kappa shape index (κ2) is 9.05. The number of aliphatic carboxylic acids is 1. The lowest BCUT2D eigenvalue weighted by Gasteiger charge is -2.18. The summed E-state index contributed by atoms with van der Waals surface area (Å²) in [6.45, 7) is 7.08. The summed E-state index contributed by atoms with van der Waals surface area (Å²) in [5, 5.41) is 14.1. The maximum absolute atomic E-state index is 11.2. The van der Waals surface area contributed by atoms with E-state index in [2.05, 4.69) is 56.4 Å². The van der Waals surface area contributed by atoms with Crippen LogP contribution in [0.1, 0.15) is 30.5 Å². The highest BCUT2D eigenvalue weighted by Gasteiger charge is 2.18. The average molecular weight is 392 g/mol. The second-order valence-electron chi connectivity index (χ2n) is 7.72. The van der Waals surface area contributed by atoms with Crippen LogP contribution in [0.5, 0.6) is 0 Å². The Balaban J connectivity index is 1.98. The van der Waals surface area contributed by atoms with Gasteiger partial charge in [-0.05, 0) is 37.6 Å².